The van der Waals surface area contributed by atoms with Gasteiger partial charge in [0.1, 0.15) is 11.5 Å². The summed E-state index contributed by atoms with van der Waals surface area (Å²) < 4.78 is 3.25. The first-order valence-electron chi connectivity index (χ1n) is 7.21. The maximum Gasteiger partial charge on any atom is 0.139 e. The number of hydrogen-bond donors (Lipinski definition) is 1. The van der Waals surface area contributed by atoms with Crippen LogP contribution in [0.1, 0.15) is 31.9 Å². The molecular formula is C16H20BrN3. The topological polar surface area (TPSA) is 29.9 Å². The van der Waals surface area contributed by atoms with E-state index < -0.39 is 0 Å². The molecule has 1 aromatic heterocycles. The lowest BCUT2D eigenvalue weighted by atomic mass is 9.98. The summed E-state index contributed by atoms with van der Waals surface area (Å²) in [5.74, 6) is 1.72. The highest BCUT2D eigenvalue weighted by molar-refractivity contribution is 9.10. The van der Waals surface area contributed by atoms with Gasteiger partial charge in [0.25, 0.3) is 0 Å². The molecule has 1 aliphatic heterocycles. The molecule has 3 rings (SSSR count). The zero-order valence-corrected chi connectivity index (χ0v) is 13.7. The van der Waals surface area contributed by atoms with E-state index in [1.165, 1.54) is 11.1 Å². The van der Waals surface area contributed by atoms with E-state index in [-0.39, 0.29) is 0 Å². The van der Waals surface area contributed by atoms with E-state index in [9.17, 15) is 0 Å². The van der Waals surface area contributed by atoms with Crippen molar-refractivity contribution in [3.8, 4) is 11.3 Å². The van der Waals surface area contributed by atoms with Crippen LogP contribution < -0.4 is 5.32 Å². The predicted octanol–water partition coefficient (Wildman–Crippen LogP) is 4.63. The summed E-state index contributed by atoms with van der Waals surface area (Å²) in [7, 11) is 0. The van der Waals surface area contributed by atoms with Crippen molar-refractivity contribution < 1.29 is 0 Å². The molecule has 0 saturated carbocycles. The lowest BCUT2D eigenvalue weighted by molar-refractivity contribution is 0.313. The molecule has 2 unspecified atom stereocenters. The average Bonchev–Trinajstić information content (AvgIpc) is 2.77. The molecule has 0 radical (unpaired) electrons. The number of fused-ring (bicyclic) bond motifs is 1. The van der Waals surface area contributed by atoms with E-state index in [0.29, 0.717) is 12.0 Å². The zero-order valence-electron chi connectivity index (χ0n) is 12.2. The first-order valence-corrected chi connectivity index (χ1v) is 8.00. The third-order valence-corrected chi connectivity index (χ3v) is 4.98. The summed E-state index contributed by atoms with van der Waals surface area (Å²) in [6.45, 7) is 7.66. The number of aryl methyl sites for hydroxylation is 1. The van der Waals surface area contributed by atoms with Gasteiger partial charge in [0.15, 0.2) is 0 Å². The molecule has 0 aliphatic carbocycles. The van der Waals surface area contributed by atoms with Gasteiger partial charge in [-0.1, -0.05) is 38.1 Å². The average molecular weight is 334 g/mol. The number of benzene rings is 1. The van der Waals surface area contributed by atoms with Crippen molar-refractivity contribution in [2.75, 3.05) is 11.9 Å². The van der Waals surface area contributed by atoms with Crippen molar-refractivity contribution in [3.63, 3.8) is 0 Å². The van der Waals surface area contributed by atoms with Gasteiger partial charge in [-0.05, 0) is 40.8 Å². The second-order valence-corrected chi connectivity index (χ2v) is 6.40. The van der Waals surface area contributed by atoms with Crippen molar-refractivity contribution in [2.45, 2.75) is 33.2 Å². The molecule has 20 heavy (non-hydrogen) atoms. The quantitative estimate of drug-likeness (QED) is 0.867. The molecule has 2 aromatic rings. The van der Waals surface area contributed by atoms with Crippen LogP contribution >= 0.6 is 15.9 Å². The molecule has 106 valence electrons. The van der Waals surface area contributed by atoms with Gasteiger partial charge in [0, 0.05) is 12.1 Å². The minimum atomic E-state index is 0.473. The van der Waals surface area contributed by atoms with E-state index in [4.69, 9.17) is 5.10 Å². The molecular weight excluding hydrogens is 314 g/mol. The highest BCUT2D eigenvalue weighted by Crippen LogP contribution is 2.40. The Kier molecular flexibility index (Phi) is 3.59. The number of halogens is 1. The summed E-state index contributed by atoms with van der Waals surface area (Å²) in [6, 6.07) is 8.88. The maximum atomic E-state index is 4.89. The number of hydrogen-bond acceptors (Lipinski definition) is 2. The fraction of sp³-hybridized carbons (Fsp3) is 0.438. The third-order valence-electron chi connectivity index (χ3n) is 4.23. The van der Waals surface area contributed by atoms with Crippen LogP contribution in [0, 0.1) is 12.8 Å². The van der Waals surface area contributed by atoms with E-state index in [1.54, 1.807) is 0 Å². The second kappa shape index (κ2) is 5.24. The van der Waals surface area contributed by atoms with Crippen molar-refractivity contribution in [2.24, 2.45) is 5.92 Å². The molecule has 1 aliphatic rings. The largest absolute Gasteiger partial charge is 0.369 e. The molecule has 0 spiro atoms. The van der Waals surface area contributed by atoms with Crippen molar-refractivity contribution >= 4 is 21.7 Å². The van der Waals surface area contributed by atoms with E-state index in [0.717, 1.165) is 29.0 Å². The van der Waals surface area contributed by atoms with Crippen LogP contribution in [0.2, 0.25) is 0 Å². The van der Waals surface area contributed by atoms with Crippen LogP contribution in [0.25, 0.3) is 11.3 Å². The fourth-order valence-corrected chi connectivity index (χ4v) is 3.65. The fourth-order valence-electron chi connectivity index (χ4n) is 3.03. The maximum absolute atomic E-state index is 4.89. The predicted molar refractivity (Wildman–Crippen MR) is 87.1 cm³/mol. The Morgan fingerprint density at radius 3 is 2.85 bits per heavy atom. The first-order chi connectivity index (χ1) is 9.63. The van der Waals surface area contributed by atoms with Gasteiger partial charge in [-0.3, -0.25) is 0 Å². The van der Waals surface area contributed by atoms with Crippen LogP contribution in [0.3, 0.4) is 0 Å². The van der Waals surface area contributed by atoms with E-state index >= 15 is 0 Å². The zero-order chi connectivity index (χ0) is 14.3. The Labute approximate surface area is 128 Å². The molecule has 0 bridgehead atoms. The molecule has 1 N–H and O–H groups in total. The lowest BCUT2D eigenvalue weighted by Gasteiger charge is -2.30. The van der Waals surface area contributed by atoms with Crippen molar-refractivity contribution in [1.29, 1.82) is 0 Å². The summed E-state index contributed by atoms with van der Waals surface area (Å²) >= 11 is 3.74. The van der Waals surface area contributed by atoms with Crippen molar-refractivity contribution in [3.05, 3.63) is 34.3 Å². The van der Waals surface area contributed by atoms with Gasteiger partial charge in [-0.15, -0.1) is 0 Å². The van der Waals surface area contributed by atoms with Crippen LogP contribution in [0.5, 0.6) is 0 Å². The monoisotopic (exact) mass is 333 g/mol. The summed E-state index contributed by atoms with van der Waals surface area (Å²) in [5, 5.41) is 8.40. The Bertz CT molecular complexity index is 633. The Morgan fingerprint density at radius 2 is 2.15 bits per heavy atom. The summed E-state index contributed by atoms with van der Waals surface area (Å²) in [6.07, 6.45) is 1.11. The van der Waals surface area contributed by atoms with Gasteiger partial charge >= 0.3 is 0 Å². The normalized spacial score (nSPS) is 21.4. The van der Waals surface area contributed by atoms with Gasteiger partial charge in [0.05, 0.1) is 10.5 Å². The molecule has 1 aromatic carbocycles. The molecule has 3 nitrogen and oxygen atoms in total. The van der Waals surface area contributed by atoms with Gasteiger partial charge < -0.3 is 5.32 Å². The van der Waals surface area contributed by atoms with Crippen LogP contribution in [0.4, 0.5) is 5.82 Å². The van der Waals surface area contributed by atoms with Crippen LogP contribution in [-0.4, -0.2) is 16.3 Å². The number of aromatic nitrogens is 2. The second-order valence-electron chi connectivity index (χ2n) is 5.60. The van der Waals surface area contributed by atoms with Gasteiger partial charge in [0.2, 0.25) is 0 Å². The SMILES string of the molecule is CCC1C(C)CNc2c(Br)c(-c3ccccc3C)nn21. The number of rotatable bonds is 2. The minimum absolute atomic E-state index is 0.473. The minimum Gasteiger partial charge on any atom is -0.369 e. The van der Waals surface area contributed by atoms with Crippen LogP contribution in [-0.2, 0) is 0 Å². The molecule has 0 fully saturated rings. The number of anilines is 1. The Balaban J connectivity index is 2.14. The standard InChI is InChI=1S/C16H20BrN3/c1-4-13-11(3)9-18-16-14(17)15(19-20(13)16)12-8-6-5-7-10(12)2/h5-8,11,13,18H,4,9H2,1-3H3. The highest BCUT2D eigenvalue weighted by Gasteiger charge is 2.29. The smallest absolute Gasteiger partial charge is 0.139 e. The van der Waals surface area contributed by atoms with Gasteiger partial charge in [-0.25, -0.2) is 4.68 Å². The van der Waals surface area contributed by atoms with E-state index in [1.807, 2.05) is 0 Å². The third kappa shape index (κ3) is 2.06. The molecule has 4 heteroatoms. The molecule has 2 atom stereocenters. The first kappa shape index (κ1) is 13.7. The lowest BCUT2D eigenvalue weighted by Crippen LogP contribution is -2.30. The number of nitrogens with zero attached hydrogens (tertiary/aromatic N) is 2. The Hall–Kier alpha value is -1.29. The van der Waals surface area contributed by atoms with Crippen molar-refractivity contribution in [1.82, 2.24) is 9.78 Å². The Morgan fingerprint density at radius 1 is 1.40 bits per heavy atom. The summed E-state index contributed by atoms with van der Waals surface area (Å²) in [4.78, 5) is 0. The number of nitrogens with one attached hydrogen (secondary N) is 1. The highest BCUT2D eigenvalue weighted by atomic mass is 79.9. The molecule has 0 amide bonds. The summed E-state index contributed by atoms with van der Waals surface area (Å²) in [5.41, 5.74) is 3.49. The van der Waals surface area contributed by atoms with E-state index in [2.05, 4.69) is 71.0 Å². The molecule has 0 saturated heterocycles. The van der Waals surface area contributed by atoms with Crippen LogP contribution in [0.15, 0.2) is 28.7 Å². The van der Waals surface area contributed by atoms with Gasteiger partial charge in [-0.2, -0.15) is 5.10 Å². The molecule has 2 heterocycles.